The molecule has 2 N–H and O–H groups in total. The summed E-state index contributed by atoms with van der Waals surface area (Å²) in [6.45, 7) is 6.98. The molecular formula is C10H15BrN2O3S. The van der Waals surface area contributed by atoms with Crippen molar-refractivity contribution in [3.8, 4) is 0 Å². The number of nitrogens with zero attached hydrogens (tertiary/aromatic N) is 1. The minimum Gasteiger partial charge on any atom is -0.444 e. The Morgan fingerprint density at radius 1 is 1.59 bits per heavy atom. The lowest BCUT2D eigenvalue weighted by Gasteiger charge is -2.18. The van der Waals surface area contributed by atoms with E-state index in [0.29, 0.717) is 14.6 Å². The number of aliphatic hydroxyl groups is 1. The van der Waals surface area contributed by atoms with Gasteiger partial charge < -0.3 is 9.84 Å². The van der Waals surface area contributed by atoms with Crippen LogP contribution in [-0.2, 0) is 4.74 Å². The summed E-state index contributed by atoms with van der Waals surface area (Å²) in [6.07, 6.45) is -1.19. The van der Waals surface area contributed by atoms with Gasteiger partial charge in [0.2, 0.25) is 0 Å². The van der Waals surface area contributed by atoms with Gasteiger partial charge in [0.1, 0.15) is 10.2 Å². The molecule has 1 unspecified atom stereocenters. The highest BCUT2D eigenvalue weighted by Gasteiger charge is 2.19. The van der Waals surface area contributed by atoms with E-state index >= 15 is 0 Å². The van der Waals surface area contributed by atoms with Crippen LogP contribution < -0.4 is 5.32 Å². The third-order valence-corrected chi connectivity index (χ3v) is 3.60. The van der Waals surface area contributed by atoms with Gasteiger partial charge in [-0.25, -0.2) is 9.78 Å². The minimum atomic E-state index is -0.629. The second-order valence-electron chi connectivity index (χ2n) is 4.48. The fourth-order valence-corrected chi connectivity index (χ4v) is 2.66. The number of ether oxygens (including phenoxy) is 1. The van der Waals surface area contributed by atoms with Crippen LogP contribution in [0.1, 0.15) is 38.7 Å². The van der Waals surface area contributed by atoms with Crippen LogP contribution in [0.15, 0.2) is 4.60 Å². The van der Waals surface area contributed by atoms with Gasteiger partial charge in [-0.3, -0.25) is 5.32 Å². The summed E-state index contributed by atoms with van der Waals surface area (Å²) in [5, 5.41) is 12.3. The maximum Gasteiger partial charge on any atom is 0.413 e. The maximum absolute atomic E-state index is 11.5. The Morgan fingerprint density at radius 3 is 2.59 bits per heavy atom. The topological polar surface area (TPSA) is 71.5 Å². The van der Waals surface area contributed by atoms with Crippen molar-refractivity contribution >= 4 is 38.5 Å². The Bertz CT molecular complexity index is 412. The number of hydrogen-bond acceptors (Lipinski definition) is 5. The lowest BCUT2D eigenvalue weighted by molar-refractivity contribution is 0.0636. The van der Waals surface area contributed by atoms with Crippen LogP contribution >= 0.6 is 27.3 Å². The first-order valence-corrected chi connectivity index (χ1v) is 6.64. The molecule has 1 atom stereocenters. The molecule has 0 saturated carbocycles. The molecule has 0 bridgehead atoms. The third-order valence-electron chi connectivity index (χ3n) is 1.60. The van der Waals surface area contributed by atoms with Crippen LogP contribution in [0.3, 0.4) is 0 Å². The fourth-order valence-electron chi connectivity index (χ4n) is 1.02. The molecule has 1 aromatic rings. The SMILES string of the molecule is CC(O)c1sc(NC(=O)OC(C)(C)C)nc1Br. The third kappa shape index (κ3) is 4.61. The van der Waals surface area contributed by atoms with Crippen molar-refractivity contribution in [1.82, 2.24) is 4.98 Å². The van der Waals surface area contributed by atoms with Crippen LogP contribution in [0.5, 0.6) is 0 Å². The zero-order valence-electron chi connectivity index (χ0n) is 10.1. The normalized spacial score (nSPS) is 13.3. The molecule has 17 heavy (non-hydrogen) atoms. The molecule has 5 nitrogen and oxygen atoms in total. The van der Waals surface area contributed by atoms with Gasteiger partial charge >= 0.3 is 6.09 Å². The summed E-state index contributed by atoms with van der Waals surface area (Å²) in [4.78, 5) is 16.2. The second kappa shape index (κ2) is 5.32. The number of halogens is 1. The van der Waals surface area contributed by atoms with Gasteiger partial charge in [-0.05, 0) is 43.6 Å². The number of anilines is 1. The molecular weight excluding hydrogens is 308 g/mol. The molecule has 0 fully saturated rings. The highest BCUT2D eigenvalue weighted by Crippen LogP contribution is 2.32. The van der Waals surface area contributed by atoms with E-state index in [0.717, 1.165) is 0 Å². The first kappa shape index (κ1) is 14.4. The molecule has 1 amide bonds. The zero-order chi connectivity index (χ0) is 13.2. The standard InChI is InChI=1S/C10H15BrN2O3S/c1-5(14)6-7(11)12-8(17-6)13-9(15)16-10(2,3)4/h5,14H,1-4H3,(H,12,13,15). The molecule has 7 heteroatoms. The number of aliphatic hydroxyl groups excluding tert-OH is 1. The number of amides is 1. The summed E-state index contributed by atoms with van der Waals surface area (Å²) in [6, 6.07) is 0. The Kier molecular flexibility index (Phi) is 4.51. The van der Waals surface area contributed by atoms with E-state index in [9.17, 15) is 9.90 Å². The largest absolute Gasteiger partial charge is 0.444 e. The van der Waals surface area contributed by atoms with Gasteiger partial charge in [-0.2, -0.15) is 0 Å². The Labute approximate surface area is 112 Å². The van der Waals surface area contributed by atoms with E-state index in [4.69, 9.17) is 4.74 Å². The highest BCUT2D eigenvalue weighted by atomic mass is 79.9. The number of rotatable bonds is 2. The molecule has 0 aromatic carbocycles. The van der Waals surface area contributed by atoms with Gasteiger partial charge in [0.25, 0.3) is 0 Å². The summed E-state index contributed by atoms with van der Waals surface area (Å²) in [7, 11) is 0. The van der Waals surface area contributed by atoms with Crippen molar-refractivity contribution in [2.45, 2.75) is 39.4 Å². The van der Waals surface area contributed by atoms with Crippen LogP contribution in [-0.4, -0.2) is 21.8 Å². The lowest BCUT2D eigenvalue weighted by Crippen LogP contribution is -2.27. The van der Waals surface area contributed by atoms with Crippen molar-refractivity contribution < 1.29 is 14.6 Å². The molecule has 0 saturated heterocycles. The first-order chi connectivity index (χ1) is 7.69. The smallest absolute Gasteiger partial charge is 0.413 e. The number of hydrogen-bond donors (Lipinski definition) is 2. The lowest BCUT2D eigenvalue weighted by atomic mass is 10.2. The van der Waals surface area contributed by atoms with Gasteiger partial charge in [0, 0.05) is 0 Å². The highest BCUT2D eigenvalue weighted by molar-refractivity contribution is 9.10. The summed E-state index contributed by atoms with van der Waals surface area (Å²) in [5.74, 6) is 0. The number of carbonyl (C=O) groups is 1. The van der Waals surface area contributed by atoms with Gasteiger partial charge in [-0.1, -0.05) is 11.3 Å². The van der Waals surface area contributed by atoms with Gasteiger partial charge in [-0.15, -0.1) is 0 Å². The summed E-state index contributed by atoms with van der Waals surface area (Å²) < 4.78 is 5.62. The molecule has 0 radical (unpaired) electrons. The van der Waals surface area contributed by atoms with Crippen molar-refractivity contribution in [2.75, 3.05) is 5.32 Å². The number of nitrogens with one attached hydrogen (secondary N) is 1. The van der Waals surface area contributed by atoms with E-state index in [1.54, 1.807) is 27.7 Å². The summed E-state index contributed by atoms with van der Waals surface area (Å²) in [5.41, 5.74) is -0.550. The quantitative estimate of drug-likeness (QED) is 0.876. The summed E-state index contributed by atoms with van der Waals surface area (Å²) >= 11 is 4.42. The van der Waals surface area contributed by atoms with Crippen LogP contribution in [0.2, 0.25) is 0 Å². The Balaban J connectivity index is 2.70. The van der Waals surface area contributed by atoms with E-state index in [1.165, 1.54) is 11.3 Å². The van der Waals surface area contributed by atoms with Crippen molar-refractivity contribution in [2.24, 2.45) is 0 Å². The zero-order valence-corrected chi connectivity index (χ0v) is 12.5. The van der Waals surface area contributed by atoms with E-state index in [-0.39, 0.29) is 0 Å². The maximum atomic E-state index is 11.5. The average Bonchev–Trinajstić information content (AvgIpc) is 2.42. The Hall–Kier alpha value is -0.660. The van der Waals surface area contributed by atoms with Gasteiger partial charge in [0.05, 0.1) is 11.0 Å². The molecule has 1 rings (SSSR count). The molecule has 0 aliphatic heterocycles. The molecule has 0 spiro atoms. The molecule has 0 aliphatic rings. The molecule has 1 heterocycles. The van der Waals surface area contributed by atoms with E-state index < -0.39 is 17.8 Å². The molecule has 1 aromatic heterocycles. The molecule has 0 aliphatic carbocycles. The van der Waals surface area contributed by atoms with Crippen LogP contribution in [0.4, 0.5) is 9.93 Å². The fraction of sp³-hybridized carbons (Fsp3) is 0.600. The molecule has 96 valence electrons. The predicted octanol–water partition coefficient (Wildman–Crippen LogP) is 3.31. The second-order valence-corrected chi connectivity index (χ2v) is 6.26. The van der Waals surface area contributed by atoms with Crippen molar-refractivity contribution in [1.29, 1.82) is 0 Å². The average molecular weight is 323 g/mol. The van der Waals surface area contributed by atoms with Crippen molar-refractivity contribution in [3.05, 3.63) is 9.48 Å². The number of carbonyl (C=O) groups excluding carboxylic acids is 1. The number of aromatic nitrogens is 1. The van der Waals surface area contributed by atoms with Gasteiger partial charge in [0.15, 0.2) is 5.13 Å². The minimum absolute atomic E-state index is 0.391. The number of thiazole rings is 1. The predicted molar refractivity (Wildman–Crippen MR) is 70.3 cm³/mol. The first-order valence-electron chi connectivity index (χ1n) is 5.03. The van der Waals surface area contributed by atoms with Crippen LogP contribution in [0.25, 0.3) is 0 Å². The van der Waals surface area contributed by atoms with E-state index in [1.807, 2.05) is 0 Å². The van der Waals surface area contributed by atoms with Crippen LogP contribution in [0, 0.1) is 0 Å². The van der Waals surface area contributed by atoms with Crippen molar-refractivity contribution in [3.63, 3.8) is 0 Å². The monoisotopic (exact) mass is 322 g/mol. The Morgan fingerprint density at radius 2 is 2.18 bits per heavy atom. The van der Waals surface area contributed by atoms with E-state index in [2.05, 4.69) is 26.2 Å².